The van der Waals surface area contributed by atoms with E-state index >= 15 is 0 Å². The van der Waals surface area contributed by atoms with E-state index in [-0.39, 0.29) is 17.2 Å². The van der Waals surface area contributed by atoms with Gasteiger partial charge >= 0.3 is 17.8 Å². The summed E-state index contributed by atoms with van der Waals surface area (Å²) in [7, 11) is 4.09. The largest absolute Gasteiger partial charge is 0.496 e. The van der Waals surface area contributed by atoms with Crippen LogP contribution in [0.5, 0.6) is 23.0 Å². The number of nitrogens with one attached hydrogen (secondary N) is 1. The number of benzene rings is 2. The zero-order chi connectivity index (χ0) is 25.5. The van der Waals surface area contributed by atoms with Gasteiger partial charge in [-0.1, -0.05) is 6.07 Å². The summed E-state index contributed by atoms with van der Waals surface area (Å²) < 4.78 is 60.5. The molecule has 0 aliphatic heterocycles. The number of rotatable bonds is 11. The van der Waals surface area contributed by atoms with Crippen LogP contribution in [-0.4, -0.2) is 55.6 Å². The number of ether oxygens (including phenoxy) is 4. The molecule has 12 heteroatoms. The maximum absolute atomic E-state index is 13.5. The van der Waals surface area contributed by atoms with Crippen LogP contribution in [0.2, 0.25) is 0 Å². The van der Waals surface area contributed by atoms with Crippen molar-refractivity contribution in [2.45, 2.75) is 11.7 Å². The lowest BCUT2D eigenvalue weighted by molar-refractivity contribution is -0.169. The van der Waals surface area contributed by atoms with Crippen molar-refractivity contribution in [1.29, 1.82) is 0 Å². The van der Waals surface area contributed by atoms with Crippen molar-refractivity contribution in [2.75, 3.05) is 33.8 Å². The number of anilines is 1. The molecule has 9 nitrogen and oxygen atoms in total. The molecule has 0 heterocycles. The van der Waals surface area contributed by atoms with E-state index in [1.165, 1.54) is 52.0 Å². The van der Waals surface area contributed by atoms with Gasteiger partial charge in [0.05, 0.1) is 56.2 Å². The summed E-state index contributed by atoms with van der Waals surface area (Å²) in [6.45, 7) is 0. The molecule has 2 aromatic rings. The molecule has 34 heavy (non-hydrogen) atoms. The number of carbonyl (C=O) groups is 2. The molecule has 0 aromatic heterocycles. The first-order valence-electron chi connectivity index (χ1n) is 9.52. The van der Waals surface area contributed by atoms with Crippen LogP contribution in [0.1, 0.15) is 11.1 Å². The van der Waals surface area contributed by atoms with Crippen molar-refractivity contribution < 1.29 is 46.6 Å². The third-order valence-electron chi connectivity index (χ3n) is 4.51. The number of hydrogen-bond donors (Lipinski definition) is 2. The number of carbonyl (C=O) groups excluding carboxylic acids is 1. The highest BCUT2D eigenvalue weighted by atomic mass is 32.2. The summed E-state index contributed by atoms with van der Waals surface area (Å²) in [5.41, 5.74) is 0.745. The second-order valence-electron chi connectivity index (χ2n) is 6.64. The van der Waals surface area contributed by atoms with Gasteiger partial charge < -0.3 is 29.4 Å². The number of carboxylic acid groups (broad SMARTS) is 1. The summed E-state index contributed by atoms with van der Waals surface area (Å²) in [6.07, 6.45) is 1.55. The Morgan fingerprint density at radius 3 is 2.09 bits per heavy atom. The fourth-order valence-corrected chi connectivity index (χ4v) is 3.69. The highest BCUT2D eigenvalue weighted by Gasteiger charge is 2.48. The summed E-state index contributed by atoms with van der Waals surface area (Å²) >= 11 is 0. The van der Waals surface area contributed by atoms with Crippen molar-refractivity contribution >= 4 is 34.4 Å². The first-order valence-corrected chi connectivity index (χ1v) is 10.9. The average Bonchev–Trinajstić information content (AvgIpc) is 2.82. The van der Waals surface area contributed by atoms with Gasteiger partial charge in [-0.2, -0.15) is 8.78 Å². The number of methoxy groups -OCH3 is 4. The van der Waals surface area contributed by atoms with Crippen molar-refractivity contribution in [2.24, 2.45) is 0 Å². The first-order chi connectivity index (χ1) is 16.1. The molecule has 1 amide bonds. The van der Waals surface area contributed by atoms with Crippen molar-refractivity contribution in [1.82, 2.24) is 0 Å². The lowest BCUT2D eigenvalue weighted by Crippen LogP contribution is -2.42. The maximum Gasteiger partial charge on any atom is 0.418 e. The Hall–Kier alpha value is -3.67. The molecule has 0 radical (unpaired) electrons. The Balaban J connectivity index is 2.26. The fraction of sp³-hybridized carbons (Fsp3) is 0.273. The van der Waals surface area contributed by atoms with Crippen LogP contribution in [0.15, 0.2) is 35.7 Å². The second kappa shape index (κ2) is 11.5. The van der Waals surface area contributed by atoms with Crippen LogP contribution in [0, 0.1) is 0 Å². The van der Waals surface area contributed by atoms with E-state index in [9.17, 15) is 22.6 Å². The van der Waals surface area contributed by atoms with Gasteiger partial charge in [-0.05, 0) is 23.8 Å². The zero-order valence-electron chi connectivity index (χ0n) is 18.7. The standard InChI is InChI=1S/C22H23F2NO8S/c1-30-14-10-18(32-3)15(19(11-14)33-4)7-8-34(29)12-13-5-6-17(31-2)16(9-13)25-20(26)22(23,24)21(27)28/h5-11H,12H2,1-4H3,(H,25,26)(H,27,28). The number of amides is 1. The number of hydrogen-bond acceptors (Lipinski definition) is 7. The molecular formula is C22H23F2NO8S. The van der Waals surface area contributed by atoms with Crippen molar-refractivity contribution in [3.8, 4) is 23.0 Å². The Labute approximate surface area is 196 Å². The molecule has 0 fully saturated rings. The first kappa shape index (κ1) is 26.6. The quantitative estimate of drug-likeness (QED) is 0.452. The molecule has 2 N–H and O–H groups in total. The van der Waals surface area contributed by atoms with Crippen LogP contribution in [0.3, 0.4) is 0 Å². The molecule has 1 atom stereocenters. The molecule has 184 valence electrons. The van der Waals surface area contributed by atoms with E-state index in [2.05, 4.69) is 0 Å². The van der Waals surface area contributed by atoms with Crippen LogP contribution >= 0.6 is 0 Å². The summed E-state index contributed by atoms with van der Waals surface area (Å²) in [6, 6.07) is 7.45. The van der Waals surface area contributed by atoms with Gasteiger partial charge in [0.15, 0.2) is 0 Å². The molecule has 1 unspecified atom stereocenters. The predicted octanol–water partition coefficient (Wildman–Crippen LogP) is 3.30. The van der Waals surface area contributed by atoms with Gasteiger partial charge in [0, 0.05) is 17.5 Å². The zero-order valence-corrected chi connectivity index (χ0v) is 19.5. The molecule has 0 aliphatic rings. The lowest BCUT2D eigenvalue weighted by Gasteiger charge is -2.15. The highest BCUT2D eigenvalue weighted by Crippen LogP contribution is 2.35. The van der Waals surface area contributed by atoms with Gasteiger partial charge in [-0.25, -0.2) is 4.79 Å². The monoisotopic (exact) mass is 499 g/mol. The van der Waals surface area contributed by atoms with E-state index < -0.39 is 28.6 Å². The Morgan fingerprint density at radius 1 is 1.00 bits per heavy atom. The normalized spacial score (nSPS) is 12.2. The van der Waals surface area contributed by atoms with Gasteiger partial charge in [-0.15, -0.1) is 0 Å². The average molecular weight is 499 g/mol. The van der Waals surface area contributed by atoms with E-state index in [0.29, 0.717) is 28.4 Å². The summed E-state index contributed by atoms with van der Waals surface area (Å²) in [5.74, 6) is -7.91. The molecule has 0 saturated heterocycles. The van der Waals surface area contributed by atoms with Crippen molar-refractivity contribution in [3.05, 3.63) is 46.9 Å². The topological polar surface area (TPSA) is 120 Å². The smallest absolute Gasteiger partial charge is 0.418 e. The van der Waals surface area contributed by atoms with Gasteiger partial charge in [0.2, 0.25) is 0 Å². The predicted molar refractivity (Wildman–Crippen MR) is 121 cm³/mol. The highest BCUT2D eigenvalue weighted by molar-refractivity contribution is 7.87. The van der Waals surface area contributed by atoms with Crippen LogP contribution in [-0.2, 0) is 26.1 Å². The van der Waals surface area contributed by atoms with E-state index in [1.807, 2.05) is 5.32 Å². The molecular weight excluding hydrogens is 476 g/mol. The number of carboxylic acids is 1. The van der Waals surface area contributed by atoms with Gasteiger partial charge in [0.25, 0.3) is 0 Å². The van der Waals surface area contributed by atoms with Crippen molar-refractivity contribution in [3.63, 3.8) is 0 Å². The second-order valence-corrected chi connectivity index (χ2v) is 7.96. The van der Waals surface area contributed by atoms with Gasteiger partial charge in [-0.3, -0.25) is 9.00 Å². The van der Waals surface area contributed by atoms with E-state index in [4.69, 9.17) is 24.1 Å². The number of aliphatic carboxylic acids is 1. The fourth-order valence-electron chi connectivity index (χ4n) is 2.79. The minimum Gasteiger partial charge on any atom is -0.496 e. The minimum absolute atomic E-state index is 0.0207. The lowest BCUT2D eigenvalue weighted by atomic mass is 10.1. The Morgan fingerprint density at radius 2 is 1.59 bits per heavy atom. The van der Waals surface area contributed by atoms with Crippen LogP contribution in [0.25, 0.3) is 6.08 Å². The summed E-state index contributed by atoms with van der Waals surface area (Å²) in [5, 5.41) is 11.8. The SMILES string of the molecule is COc1cc(OC)c(C=CS(=O)Cc2ccc(OC)c(NC(=O)C(F)(F)C(=O)O)c2)c(OC)c1. The third kappa shape index (κ3) is 6.22. The number of alkyl halides is 2. The Bertz CT molecular complexity index is 1100. The third-order valence-corrected chi connectivity index (χ3v) is 5.57. The van der Waals surface area contributed by atoms with Crippen LogP contribution in [0.4, 0.5) is 14.5 Å². The Kier molecular flexibility index (Phi) is 8.96. The van der Waals surface area contributed by atoms with E-state index in [0.717, 1.165) is 0 Å². The molecule has 0 spiro atoms. The molecule has 0 bridgehead atoms. The minimum atomic E-state index is -4.64. The molecule has 0 aliphatic carbocycles. The maximum atomic E-state index is 13.5. The van der Waals surface area contributed by atoms with E-state index in [1.54, 1.807) is 18.2 Å². The van der Waals surface area contributed by atoms with Gasteiger partial charge in [0.1, 0.15) is 23.0 Å². The summed E-state index contributed by atoms with van der Waals surface area (Å²) in [4.78, 5) is 22.3. The molecule has 2 rings (SSSR count). The molecule has 2 aromatic carbocycles. The molecule has 0 saturated carbocycles. The van der Waals surface area contributed by atoms with Crippen LogP contribution < -0.4 is 24.3 Å². The number of halogens is 2.